The standard InChI is InChI=1S/C12H7BrI/c13-11-6-4-9(5-7-11)10-2-1-3-12(14)8-10/h1,3-8H. The third-order valence-corrected chi connectivity index (χ3v) is 3.12. The number of hydrogen-bond donors (Lipinski definition) is 0. The van der Waals surface area contributed by atoms with Gasteiger partial charge >= 0.3 is 0 Å². The lowest BCUT2D eigenvalue weighted by Crippen LogP contribution is -1.78. The zero-order chi connectivity index (χ0) is 9.97. The molecular weight excluding hydrogens is 351 g/mol. The van der Waals surface area contributed by atoms with Gasteiger partial charge in [-0.05, 0) is 64.0 Å². The molecule has 2 rings (SSSR count). The highest BCUT2D eigenvalue weighted by Crippen LogP contribution is 2.22. The van der Waals surface area contributed by atoms with Crippen molar-refractivity contribution in [3.63, 3.8) is 0 Å². The first kappa shape index (κ1) is 10.2. The van der Waals surface area contributed by atoms with E-state index in [-0.39, 0.29) is 0 Å². The normalized spacial score (nSPS) is 10.1. The molecule has 0 aliphatic rings. The predicted octanol–water partition coefficient (Wildman–Crippen LogP) is 4.52. The molecule has 69 valence electrons. The fraction of sp³-hybridized carbons (Fsp3) is 0. The predicted molar refractivity (Wildman–Crippen MR) is 71.1 cm³/mol. The summed E-state index contributed by atoms with van der Waals surface area (Å²) in [7, 11) is 0. The highest BCUT2D eigenvalue weighted by atomic mass is 127. The Hall–Kier alpha value is -0.350. The molecule has 0 heterocycles. The van der Waals surface area contributed by atoms with Crippen molar-refractivity contribution < 1.29 is 0 Å². The summed E-state index contributed by atoms with van der Waals surface area (Å²) in [6, 6.07) is 17.6. The van der Waals surface area contributed by atoms with Crippen LogP contribution in [-0.2, 0) is 0 Å². The van der Waals surface area contributed by atoms with Gasteiger partial charge in [0, 0.05) is 8.04 Å². The van der Waals surface area contributed by atoms with Gasteiger partial charge in [-0.2, -0.15) is 0 Å². The molecule has 0 amide bonds. The van der Waals surface area contributed by atoms with Gasteiger partial charge in [0.25, 0.3) is 0 Å². The van der Waals surface area contributed by atoms with Gasteiger partial charge in [-0.15, -0.1) is 0 Å². The maximum atomic E-state index is 3.42. The minimum atomic E-state index is 1.10. The van der Waals surface area contributed by atoms with Crippen molar-refractivity contribution in [3.05, 3.63) is 56.6 Å². The van der Waals surface area contributed by atoms with E-state index in [0.717, 1.165) is 10.0 Å². The summed E-state index contributed by atoms with van der Waals surface area (Å²) < 4.78 is 2.34. The first-order valence-electron chi connectivity index (χ1n) is 4.19. The second kappa shape index (κ2) is 4.45. The van der Waals surface area contributed by atoms with Crippen molar-refractivity contribution in [3.8, 4) is 11.1 Å². The van der Waals surface area contributed by atoms with Crippen LogP contribution in [0.1, 0.15) is 0 Å². The summed E-state index contributed by atoms with van der Waals surface area (Å²) in [6.45, 7) is 0. The SMILES string of the molecule is Brc1ccc(-c2[c]ccc(I)c2)cc1. The van der Waals surface area contributed by atoms with Gasteiger partial charge in [-0.1, -0.05) is 34.1 Å². The van der Waals surface area contributed by atoms with Crippen LogP contribution in [0, 0.1) is 9.64 Å². The molecule has 0 spiro atoms. The molecule has 0 nitrogen and oxygen atoms in total. The quantitative estimate of drug-likeness (QED) is 0.658. The van der Waals surface area contributed by atoms with Gasteiger partial charge in [0.15, 0.2) is 0 Å². The Kier molecular flexibility index (Phi) is 3.23. The summed E-state index contributed by atoms with van der Waals surface area (Å²) in [4.78, 5) is 0. The Morgan fingerprint density at radius 2 is 1.79 bits per heavy atom. The molecule has 1 radical (unpaired) electrons. The molecule has 14 heavy (non-hydrogen) atoms. The van der Waals surface area contributed by atoms with E-state index in [4.69, 9.17) is 0 Å². The van der Waals surface area contributed by atoms with Crippen molar-refractivity contribution >= 4 is 38.5 Å². The summed E-state index contributed by atoms with van der Waals surface area (Å²) in [5, 5.41) is 0. The van der Waals surface area contributed by atoms with Crippen LogP contribution in [0.5, 0.6) is 0 Å². The van der Waals surface area contributed by atoms with Crippen LogP contribution in [0.3, 0.4) is 0 Å². The largest absolute Gasteiger partial charge is 0.0532 e. The topological polar surface area (TPSA) is 0 Å². The smallest absolute Gasteiger partial charge is 0.0175 e. The van der Waals surface area contributed by atoms with E-state index in [2.05, 4.69) is 62.8 Å². The highest BCUT2D eigenvalue weighted by molar-refractivity contribution is 14.1. The molecule has 2 aromatic carbocycles. The molecule has 0 atom stereocenters. The van der Waals surface area contributed by atoms with E-state index in [1.165, 1.54) is 9.13 Å². The first-order chi connectivity index (χ1) is 6.75. The third kappa shape index (κ3) is 2.36. The lowest BCUT2D eigenvalue weighted by Gasteiger charge is -2.01. The number of halogens is 2. The third-order valence-electron chi connectivity index (χ3n) is 1.92. The highest BCUT2D eigenvalue weighted by Gasteiger charge is 1.97. The Balaban J connectivity index is 2.44. The molecule has 0 saturated carbocycles. The van der Waals surface area contributed by atoms with Gasteiger partial charge < -0.3 is 0 Å². The first-order valence-corrected chi connectivity index (χ1v) is 6.06. The second-order valence-corrected chi connectivity index (χ2v) is 5.09. The van der Waals surface area contributed by atoms with E-state index in [1.807, 2.05) is 24.3 Å². The Morgan fingerprint density at radius 1 is 1.07 bits per heavy atom. The fourth-order valence-electron chi connectivity index (χ4n) is 1.23. The van der Waals surface area contributed by atoms with Gasteiger partial charge in [0.2, 0.25) is 0 Å². The van der Waals surface area contributed by atoms with E-state index in [1.54, 1.807) is 0 Å². The molecule has 0 unspecified atom stereocenters. The maximum Gasteiger partial charge on any atom is 0.0175 e. The average molecular weight is 358 g/mol. The maximum absolute atomic E-state index is 3.42. The minimum absolute atomic E-state index is 1.10. The van der Waals surface area contributed by atoms with Crippen molar-refractivity contribution in [1.82, 2.24) is 0 Å². The number of rotatable bonds is 1. The summed E-state index contributed by atoms with van der Waals surface area (Å²) in [5.41, 5.74) is 2.34. The molecule has 2 heteroatoms. The van der Waals surface area contributed by atoms with Crippen LogP contribution in [0.2, 0.25) is 0 Å². The zero-order valence-corrected chi connectivity index (χ0v) is 11.0. The molecule has 0 saturated heterocycles. The van der Waals surface area contributed by atoms with E-state index < -0.39 is 0 Å². The number of hydrogen-bond acceptors (Lipinski definition) is 0. The van der Waals surface area contributed by atoms with Gasteiger partial charge in [0.1, 0.15) is 0 Å². The van der Waals surface area contributed by atoms with Gasteiger partial charge in [-0.3, -0.25) is 0 Å². The zero-order valence-electron chi connectivity index (χ0n) is 7.30. The average Bonchev–Trinajstić information content (AvgIpc) is 2.19. The van der Waals surface area contributed by atoms with Crippen LogP contribution in [0.25, 0.3) is 11.1 Å². The van der Waals surface area contributed by atoms with Crippen LogP contribution in [0.4, 0.5) is 0 Å². The molecule has 0 aliphatic carbocycles. The molecule has 0 N–H and O–H groups in total. The minimum Gasteiger partial charge on any atom is -0.0532 e. The molecule has 0 bridgehead atoms. The van der Waals surface area contributed by atoms with Crippen LogP contribution in [0.15, 0.2) is 46.9 Å². The summed E-state index contributed by atoms with van der Waals surface area (Å²) >= 11 is 5.73. The Labute approximate surface area is 106 Å². The molecule has 0 aromatic heterocycles. The van der Waals surface area contributed by atoms with Gasteiger partial charge in [0.05, 0.1) is 0 Å². The number of benzene rings is 2. The molecule has 0 fully saturated rings. The van der Waals surface area contributed by atoms with Gasteiger partial charge in [-0.25, -0.2) is 0 Å². The lowest BCUT2D eigenvalue weighted by molar-refractivity contribution is 1.56. The van der Waals surface area contributed by atoms with Crippen molar-refractivity contribution in [1.29, 1.82) is 0 Å². The fourth-order valence-corrected chi connectivity index (χ4v) is 1.99. The van der Waals surface area contributed by atoms with E-state index in [9.17, 15) is 0 Å². The van der Waals surface area contributed by atoms with Crippen molar-refractivity contribution in [2.45, 2.75) is 0 Å². The van der Waals surface area contributed by atoms with Crippen LogP contribution in [-0.4, -0.2) is 0 Å². The van der Waals surface area contributed by atoms with Crippen LogP contribution >= 0.6 is 38.5 Å². The van der Waals surface area contributed by atoms with E-state index in [0.29, 0.717) is 0 Å². The second-order valence-electron chi connectivity index (χ2n) is 2.93. The summed E-state index contributed by atoms with van der Waals surface area (Å²) in [6.07, 6.45) is 0. The van der Waals surface area contributed by atoms with Crippen molar-refractivity contribution in [2.24, 2.45) is 0 Å². The van der Waals surface area contributed by atoms with Crippen LogP contribution < -0.4 is 0 Å². The molecular formula is C12H7BrI. The van der Waals surface area contributed by atoms with Crippen molar-refractivity contribution in [2.75, 3.05) is 0 Å². The lowest BCUT2D eigenvalue weighted by atomic mass is 10.1. The Morgan fingerprint density at radius 3 is 2.43 bits per heavy atom. The molecule has 2 aromatic rings. The summed E-state index contributed by atoms with van der Waals surface area (Å²) in [5.74, 6) is 0. The Bertz CT molecular complexity index is 434. The van der Waals surface area contributed by atoms with E-state index >= 15 is 0 Å². The molecule has 0 aliphatic heterocycles. The monoisotopic (exact) mass is 357 g/mol.